The summed E-state index contributed by atoms with van der Waals surface area (Å²) >= 11 is 0. The lowest BCUT2D eigenvalue weighted by Crippen LogP contribution is -2.53. The molecule has 0 aliphatic carbocycles. The Hall–Kier alpha value is -0.160. The van der Waals surface area contributed by atoms with Gasteiger partial charge in [0.05, 0.1) is 12.7 Å². The third kappa shape index (κ3) is 2.28. The van der Waals surface area contributed by atoms with Crippen molar-refractivity contribution in [2.45, 2.75) is 25.2 Å². The van der Waals surface area contributed by atoms with Crippen molar-refractivity contribution in [2.75, 3.05) is 6.61 Å². The van der Waals surface area contributed by atoms with Gasteiger partial charge in [0, 0.05) is 0 Å². The average Bonchev–Trinajstić information content (AvgIpc) is 1.86. The first kappa shape index (κ1) is 8.84. The molecular formula is C5H13NO3. The molecular weight excluding hydrogens is 122 g/mol. The van der Waals surface area contributed by atoms with Gasteiger partial charge in [-0.25, -0.2) is 0 Å². The molecule has 0 aliphatic rings. The number of hydrogen-bond donors (Lipinski definition) is 4. The van der Waals surface area contributed by atoms with E-state index in [9.17, 15) is 0 Å². The highest BCUT2D eigenvalue weighted by Gasteiger charge is 2.28. The molecule has 0 radical (unpaired) electrons. The van der Waals surface area contributed by atoms with Gasteiger partial charge in [0.15, 0.2) is 5.72 Å². The van der Waals surface area contributed by atoms with Crippen LogP contribution >= 0.6 is 0 Å². The van der Waals surface area contributed by atoms with E-state index in [1.807, 2.05) is 0 Å². The van der Waals surface area contributed by atoms with Crippen LogP contribution in [0.25, 0.3) is 0 Å². The molecule has 0 heterocycles. The van der Waals surface area contributed by atoms with E-state index >= 15 is 0 Å². The Morgan fingerprint density at radius 3 is 2.22 bits per heavy atom. The third-order valence-corrected chi connectivity index (χ3v) is 1.22. The van der Waals surface area contributed by atoms with Crippen LogP contribution in [0.2, 0.25) is 0 Å². The van der Waals surface area contributed by atoms with Crippen LogP contribution in [0.3, 0.4) is 0 Å². The first-order valence-electron chi connectivity index (χ1n) is 2.84. The van der Waals surface area contributed by atoms with E-state index in [4.69, 9.17) is 21.1 Å². The monoisotopic (exact) mass is 135 g/mol. The predicted octanol–water partition coefficient (Wildman–Crippen LogP) is -1.60. The van der Waals surface area contributed by atoms with Crippen LogP contribution < -0.4 is 5.73 Å². The second-order valence-corrected chi connectivity index (χ2v) is 2.07. The molecule has 0 aromatic heterocycles. The molecule has 56 valence electrons. The van der Waals surface area contributed by atoms with Gasteiger partial charge in [0.1, 0.15) is 0 Å². The van der Waals surface area contributed by atoms with Crippen molar-refractivity contribution < 1.29 is 15.3 Å². The number of aliphatic hydroxyl groups excluding tert-OH is 2. The Morgan fingerprint density at radius 1 is 1.67 bits per heavy atom. The summed E-state index contributed by atoms with van der Waals surface area (Å²) in [6.07, 6.45) is -0.726. The van der Waals surface area contributed by atoms with Crippen LogP contribution in [0, 0.1) is 0 Å². The highest BCUT2D eigenvalue weighted by molar-refractivity contribution is 4.77. The molecule has 0 fully saturated rings. The predicted molar refractivity (Wildman–Crippen MR) is 32.5 cm³/mol. The zero-order valence-corrected chi connectivity index (χ0v) is 5.41. The van der Waals surface area contributed by atoms with Crippen molar-refractivity contribution in [3.8, 4) is 0 Å². The summed E-state index contributed by atoms with van der Waals surface area (Å²) in [5, 5.41) is 26.1. The minimum absolute atomic E-state index is 0.327. The lowest BCUT2D eigenvalue weighted by Gasteiger charge is -2.25. The quantitative estimate of drug-likeness (QED) is 0.351. The smallest absolute Gasteiger partial charge is 0.162 e. The van der Waals surface area contributed by atoms with Crippen molar-refractivity contribution >= 4 is 0 Å². The van der Waals surface area contributed by atoms with Crippen LogP contribution in [0.15, 0.2) is 0 Å². The summed E-state index contributed by atoms with van der Waals surface area (Å²) < 4.78 is 0. The minimum atomic E-state index is -1.84. The van der Waals surface area contributed by atoms with Gasteiger partial charge in [-0.05, 0) is 6.42 Å². The Bertz CT molecular complexity index is 84.3. The Kier molecular flexibility index (Phi) is 3.07. The molecule has 5 N–H and O–H groups in total. The topological polar surface area (TPSA) is 86.7 Å². The number of nitrogens with two attached hydrogens (primary N) is 1. The maximum absolute atomic E-state index is 8.87. The van der Waals surface area contributed by atoms with Gasteiger partial charge in [-0.15, -0.1) is 0 Å². The molecule has 0 amide bonds. The molecule has 0 saturated heterocycles. The highest BCUT2D eigenvalue weighted by Crippen LogP contribution is 2.04. The fourth-order valence-electron chi connectivity index (χ4n) is 0.459. The van der Waals surface area contributed by atoms with Crippen molar-refractivity contribution in [3.63, 3.8) is 0 Å². The molecule has 9 heavy (non-hydrogen) atoms. The van der Waals surface area contributed by atoms with Crippen LogP contribution in [-0.2, 0) is 0 Å². The van der Waals surface area contributed by atoms with E-state index in [0.29, 0.717) is 6.42 Å². The van der Waals surface area contributed by atoms with Crippen molar-refractivity contribution in [3.05, 3.63) is 0 Å². The molecule has 0 saturated carbocycles. The molecule has 2 atom stereocenters. The van der Waals surface area contributed by atoms with Crippen LogP contribution in [0.1, 0.15) is 13.3 Å². The number of hydrogen-bond acceptors (Lipinski definition) is 4. The minimum Gasteiger partial charge on any atom is -0.392 e. The first-order valence-corrected chi connectivity index (χ1v) is 2.84. The SMILES string of the molecule is CCC(O)C(N)(O)CO. The lowest BCUT2D eigenvalue weighted by atomic mass is 10.1. The van der Waals surface area contributed by atoms with Crippen LogP contribution in [-0.4, -0.2) is 33.8 Å². The zero-order chi connectivity index (χ0) is 7.49. The van der Waals surface area contributed by atoms with Crippen molar-refractivity contribution in [2.24, 2.45) is 5.73 Å². The maximum Gasteiger partial charge on any atom is 0.162 e. The van der Waals surface area contributed by atoms with Gasteiger partial charge in [0.2, 0.25) is 0 Å². The van der Waals surface area contributed by atoms with E-state index in [-0.39, 0.29) is 0 Å². The molecule has 0 spiro atoms. The van der Waals surface area contributed by atoms with Gasteiger partial charge >= 0.3 is 0 Å². The Labute approximate surface area is 53.9 Å². The largest absolute Gasteiger partial charge is 0.392 e. The molecule has 4 heteroatoms. The average molecular weight is 135 g/mol. The molecule has 0 aromatic rings. The summed E-state index contributed by atoms with van der Waals surface area (Å²) in [5.74, 6) is 0. The summed E-state index contributed by atoms with van der Waals surface area (Å²) in [7, 11) is 0. The zero-order valence-electron chi connectivity index (χ0n) is 5.41. The third-order valence-electron chi connectivity index (χ3n) is 1.22. The number of rotatable bonds is 3. The van der Waals surface area contributed by atoms with E-state index in [1.165, 1.54) is 0 Å². The fraction of sp³-hybridized carbons (Fsp3) is 1.00. The van der Waals surface area contributed by atoms with E-state index in [1.54, 1.807) is 6.92 Å². The molecule has 2 unspecified atom stereocenters. The Morgan fingerprint density at radius 2 is 2.11 bits per heavy atom. The number of aliphatic hydroxyl groups is 3. The summed E-state index contributed by atoms with van der Waals surface area (Å²) in [6.45, 7) is 1.04. The van der Waals surface area contributed by atoms with Gasteiger partial charge in [-0.1, -0.05) is 6.92 Å². The normalized spacial score (nSPS) is 21.0. The first-order chi connectivity index (χ1) is 4.04. The van der Waals surface area contributed by atoms with Crippen LogP contribution in [0.4, 0.5) is 0 Å². The van der Waals surface area contributed by atoms with Gasteiger partial charge in [-0.3, -0.25) is 5.73 Å². The molecule has 0 bridgehead atoms. The molecule has 0 aromatic carbocycles. The Balaban J connectivity index is 3.80. The van der Waals surface area contributed by atoms with E-state index < -0.39 is 18.4 Å². The lowest BCUT2D eigenvalue weighted by molar-refractivity contribution is -0.101. The van der Waals surface area contributed by atoms with E-state index in [0.717, 1.165) is 0 Å². The van der Waals surface area contributed by atoms with Gasteiger partial charge in [-0.2, -0.15) is 0 Å². The maximum atomic E-state index is 8.87. The highest BCUT2D eigenvalue weighted by atomic mass is 16.4. The molecule has 4 nitrogen and oxygen atoms in total. The van der Waals surface area contributed by atoms with Gasteiger partial charge in [0.25, 0.3) is 0 Å². The second-order valence-electron chi connectivity index (χ2n) is 2.07. The fourth-order valence-corrected chi connectivity index (χ4v) is 0.459. The summed E-state index contributed by atoms with van der Waals surface area (Å²) in [5.41, 5.74) is 3.19. The summed E-state index contributed by atoms with van der Waals surface area (Å²) in [6, 6.07) is 0. The van der Waals surface area contributed by atoms with Crippen molar-refractivity contribution in [1.82, 2.24) is 0 Å². The van der Waals surface area contributed by atoms with Crippen LogP contribution in [0.5, 0.6) is 0 Å². The van der Waals surface area contributed by atoms with E-state index in [2.05, 4.69) is 0 Å². The second kappa shape index (κ2) is 3.12. The van der Waals surface area contributed by atoms with Crippen molar-refractivity contribution in [1.29, 1.82) is 0 Å². The van der Waals surface area contributed by atoms with Gasteiger partial charge < -0.3 is 15.3 Å². The summed E-state index contributed by atoms with van der Waals surface area (Å²) in [4.78, 5) is 0. The standard InChI is InChI=1S/C5H13NO3/c1-2-4(8)5(6,9)3-7/h4,7-9H,2-3,6H2,1H3. The molecule has 0 rings (SSSR count). The molecule has 0 aliphatic heterocycles.